The minimum absolute atomic E-state index is 0.0855. The van der Waals surface area contributed by atoms with Crippen LogP contribution in [0.15, 0.2) is 12.3 Å². The molecule has 0 bridgehead atoms. The molecular weight excluding hydrogens is 192 g/mol. The molecule has 1 aromatic heterocycles. The number of aromatic nitrogens is 2. The molecule has 0 spiro atoms. The summed E-state index contributed by atoms with van der Waals surface area (Å²) in [4.78, 5) is 7.85. The number of nitrogens with zero attached hydrogens (tertiary/aromatic N) is 2. The highest BCUT2D eigenvalue weighted by molar-refractivity contribution is 7.87. The van der Waals surface area contributed by atoms with Crippen LogP contribution in [-0.2, 0) is 16.8 Å². The lowest BCUT2D eigenvalue weighted by Crippen LogP contribution is -2.30. The average molecular weight is 202 g/mol. The molecule has 0 atom stereocenters. The molecule has 0 aromatic carbocycles. The van der Waals surface area contributed by atoms with Crippen molar-refractivity contribution in [1.82, 2.24) is 14.7 Å². The Balaban J connectivity index is 2.65. The van der Waals surface area contributed by atoms with E-state index in [9.17, 15) is 8.42 Å². The highest BCUT2D eigenvalue weighted by Crippen LogP contribution is 1.93. The van der Waals surface area contributed by atoms with E-state index in [0.717, 1.165) is 0 Å². The second-order valence-electron chi connectivity index (χ2n) is 2.46. The van der Waals surface area contributed by atoms with Gasteiger partial charge in [0.15, 0.2) is 0 Å². The van der Waals surface area contributed by atoms with Crippen LogP contribution >= 0.6 is 0 Å². The van der Waals surface area contributed by atoms with Crippen LogP contribution in [0.5, 0.6) is 0 Å². The van der Waals surface area contributed by atoms with Gasteiger partial charge in [-0.2, -0.15) is 13.1 Å². The van der Waals surface area contributed by atoms with Crippen molar-refractivity contribution in [2.45, 2.75) is 13.5 Å². The van der Waals surface area contributed by atoms with Crippen LogP contribution in [0.4, 0.5) is 0 Å². The first-order valence-corrected chi connectivity index (χ1v) is 5.08. The van der Waals surface area contributed by atoms with Gasteiger partial charge in [0.25, 0.3) is 10.2 Å². The van der Waals surface area contributed by atoms with E-state index in [-0.39, 0.29) is 6.54 Å². The zero-order chi connectivity index (χ0) is 9.90. The molecule has 0 fully saturated rings. The van der Waals surface area contributed by atoms with Crippen LogP contribution in [-0.4, -0.2) is 18.4 Å². The molecule has 1 rings (SSSR count). The van der Waals surface area contributed by atoms with E-state index in [1.165, 1.54) is 0 Å². The van der Waals surface area contributed by atoms with Crippen molar-refractivity contribution in [2.75, 3.05) is 0 Å². The number of hydrogen-bond donors (Lipinski definition) is 2. The van der Waals surface area contributed by atoms with Gasteiger partial charge in [0.05, 0.1) is 12.2 Å². The number of hydrogen-bond acceptors (Lipinski definition) is 4. The van der Waals surface area contributed by atoms with Crippen LogP contribution in [0.3, 0.4) is 0 Å². The molecule has 13 heavy (non-hydrogen) atoms. The highest BCUT2D eigenvalue weighted by atomic mass is 32.2. The van der Waals surface area contributed by atoms with E-state index >= 15 is 0 Å². The third kappa shape index (κ3) is 3.92. The van der Waals surface area contributed by atoms with E-state index in [1.54, 1.807) is 19.2 Å². The van der Waals surface area contributed by atoms with Crippen LogP contribution in [0, 0.1) is 6.92 Å². The first kappa shape index (κ1) is 10.0. The molecule has 1 heterocycles. The summed E-state index contributed by atoms with van der Waals surface area (Å²) in [6.45, 7) is 1.81. The van der Waals surface area contributed by atoms with Gasteiger partial charge in [-0.1, -0.05) is 0 Å². The molecule has 3 N–H and O–H groups in total. The number of aryl methyl sites for hydroxylation is 1. The first-order valence-electron chi connectivity index (χ1n) is 3.53. The van der Waals surface area contributed by atoms with Crippen LogP contribution in [0.1, 0.15) is 11.5 Å². The summed E-state index contributed by atoms with van der Waals surface area (Å²) in [5, 5.41) is 4.74. The maximum atomic E-state index is 10.5. The zero-order valence-corrected chi connectivity index (χ0v) is 7.87. The molecule has 0 radical (unpaired) electrons. The number of nitrogens with two attached hydrogens (primary N) is 1. The Kier molecular flexibility index (Phi) is 2.91. The number of nitrogens with one attached hydrogen (secondary N) is 1. The van der Waals surface area contributed by atoms with E-state index < -0.39 is 10.2 Å². The lowest BCUT2D eigenvalue weighted by Gasteiger charge is -2.01. The Hall–Kier alpha value is -1.05. The summed E-state index contributed by atoms with van der Waals surface area (Å²) < 4.78 is 23.2. The van der Waals surface area contributed by atoms with Gasteiger partial charge in [-0.25, -0.2) is 15.1 Å². The fraction of sp³-hybridized carbons (Fsp3) is 0.333. The fourth-order valence-electron chi connectivity index (χ4n) is 0.778. The Morgan fingerprint density at radius 3 is 2.85 bits per heavy atom. The van der Waals surface area contributed by atoms with Gasteiger partial charge in [0.2, 0.25) is 0 Å². The summed E-state index contributed by atoms with van der Waals surface area (Å²) in [5.74, 6) is 0.591. The van der Waals surface area contributed by atoms with Gasteiger partial charge in [-0.3, -0.25) is 0 Å². The molecule has 0 aliphatic heterocycles. The maximum Gasteiger partial charge on any atom is 0.274 e. The molecule has 0 amide bonds. The smallest absolute Gasteiger partial charge is 0.242 e. The average Bonchev–Trinajstić information content (AvgIpc) is 2.00. The van der Waals surface area contributed by atoms with Gasteiger partial charge in [0, 0.05) is 6.20 Å². The Morgan fingerprint density at radius 2 is 2.31 bits per heavy atom. The summed E-state index contributed by atoms with van der Waals surface area (Å²) in [6, 6.07) is 1.62. The normalized spacial score (nSPS) is 11.5. The number of rotatable bonds is 3. The van der Waals surface area contributed by atoms with Gasteiger partial charge in [0.1, 0.15) is 5.82 Å². The predicted octanol–water partition coefficient (Wildman–Crippen LogP) is -0.922. The summed E-state index contributed by atoms with van der Waals surface area (Å²) in [7, 11) is -3.65. The fourth-order valence-corrected chi connectivity index (χ4v) is 1.13. The lowest BCUT2D eigenvalue weighted by atomic mass is 10.4. The molecule has 0 saturated carbocycles. The van der Waals surface area contributed by atoms with Gasteiger partial charge >= 0.3 is 0 Å². The molecule has 0 saturated heterocycles. The largest absolute Gasteiger partial charge is 0.274 e. The van der Waals surface area contributed by atoms with Crippen LogP contribution in [0.2, 0.25) is 0 Å². The quantitative estimate of drug-likeness (QED) is 0.662. The standard InChI is InChI=1S/C6H10N4O2S/c1-5-8-3-2-6(10-5)4-9-13(7,11)12/h2-3,9H,4H2,1H3,(H2,7,11,12). The topological polar surface area (TPSA) is 98.0 Å². The van der Waals surface area contributed by atoms with Crippen LogP contribution < -0.4 is 9.86 Å². The molecule has 0 unspecified atom stereocenters. The van der Waals surface area contributed by atoms with Crippen molar-refractivity contribution in [1.29, 1.82) is 0 Å². The second-order valence-corrected chi connectivity index (χ2v) is 3.84. The molecule has 0 aliphatic carbocycles. The van der Waals surface area contributed by atoms with Crippen molar-refractivity contribution in [3.05, 3.63) is 23.8 Å². The molecular formula is C6H10N4O2S. The van der Waals surface area contributed by atoms with Gasteiger partial charge in [-0.05, 0) is 13.0 Å². The maximum absolute atomic E-state index is 10.5. The van der Waals surface area contributed by atoms with Crippen molar-refractivity contribution in [3.63, 3.8) is 0 Å². The molecule has 72 valence electrons. The lowest BCUT2D eigenvalue weighted by molar-refractivity contribution is 0.582. The molecule has 1 aromatic rings. The SMILES string of the molecule is Cc1nccc(CNS(N)(=O)=O)n1. The molecule has 6 nitrogen and oxygen atoms in total. The van der Waals surface area contributed by atoms with Crippen LogP contribution in [0.25, 0.3) is 0 Å². The summed E-state index contributed by atoms with van der Waals surface area (Å²) in [6.07, 6.45) is 1.56. The Labute approximate surface area is 76.4 Å². The van der Waals surface area contributed by atoms with Crippen molar-refractivity contribution >= 4 is 10.2 Å². The monoisotopic (exact) mass is 202 g/mol. The predicted molar refractivity (Wildman–Crippen MR) is 46.7 cm³/mol. The molecule has 0 aliphatic rings. The van der Waals surface area contributed by atoms with Gasteiger partial charge < -0.3 is 0 Å². The third-order valence-corrected chi connectivity index (χ3v) is 1.83. The zero-order valence-electron chi connectivity index (χ0n) is 7.06. The molecule has 7 heteroatoms. The summed E-state index contributed by atoms with van der Waals surface area (Å²) in [5.41, 5.74) is 0.585. The third-order valence-electron chi connectivity index (χ3n) is 1.29. The van der Waals surface area contributed by atoms with Crippen molar-refractivity contribution in [2.24, 2.45) is 5.14 Å². The van der Waals surface area contributed by atoms with E-state index in [2.05, 4.69) is 14.7 Å². The minimum Gasteiger partial charge on any atom is -0.242 e. The Bertz CT molecular complexity index is 389. The second kappa shape index (κ2) is 3.77. The van der Waals surface area contributed by atoms with Crippen molar-refractivity contribution in [3.8, 4) is 0 Å². The Morgan fingerprint density at radius 1 is 1.62 bits per heavy atom. The van der Waals surface area contributed by atoms with E-state index in [1.807, 2.05) is 0 Å². The highest BCUT2D eigenvalue weighted by Gasteiger charge is 2.01. The summed E-state index contributed by atoms with van der Waals surface area (Å²) >= 11 is 0. The first-order chi connectivity index (χ1) is 5.97. The minimum atomic E-state index is -3.65. The van der Waals surface area contributed by atoms with E-state index in [4.69, 9.17) is 5.14 Å². The van der Waals surface area contributed by atoms with E-state index in [0.29, 0.717) is 11.5 Å². The van der Waals surface area contributed by atoms with Gasteiger partial charge in [-0.15, -0.1) is 0 Å². The van der Waals surface area contributed by atoms with Crippen molar-refractivity contribution < 1.29 is 8.42 Å².